The molecule has 3 heterocycles. The first kappa shape index (κ1) is 18.4. The van der Waals surface area contributed by atoms with Crippen LogP contribution in [-0.4, -0.2) is 66.6 Å². The molecule has 27 heavy (non-hydrogen) atoms. The summed E-state index contributed by atoms with van der Waals surface area (Å²) in [6.07, 6.45) is 3.02. The third-order valence-corrected chi connectivity index (χ3v) is 6.60. The highest BCUT2D eigenvalue weighted by atomic mass is 32.2. The molecule has 0 radical (unpaired) electrons. The molecule has 0 N–H and O–H groups in total. The maximum atomic E-state index is 12.9. The van der Waals surface area contributed by atoms with E-state index in [1.165, 1.54) is 16.8 Å². The summed E-state index contributed by atoms with van der Waals surface area (Å²) < 4.78 is 40.1. The number of nitrogens with zero attached hydrogens (tertiary/aromatic N) is 4. The summed E-state index contributed by atoms with van der Waals surface area (Å²) in [7, 11) is -1.90. The van der Waals surface area contributed by atoms with Crippen LogP contribution in [0.15, 0.2) is 35.7 Å². The molecule has 0 amide bonds. The molecule has 1 fully saturated rings. The van der Waals surface area contributed by atoms with Gasteiger partial charge in [0, 0.05) is 51.5 Å². The summed E-state index contributed by atoms with van der Waals surface area (Å²) in [6.45, 7) is 5.05. The topological polar surface area (TPSA) is 76.9 Å². The summed E-state index contributed by atoms with van der Waals surface area (Å²) in [6, 6.07) is 6.05. The zero-order valence-corrected chi connectivity index (χ0v) is 16.2. The average molecular weight is 392 g/mol. The lowest BCUT2D eigenvalue weighted by Crippen LogP contribution is -2.35. The lowest BCUT2D eigenvalue weighted by Gasteiger charge is -2.27. The van der Waals surface area contributed by atoms with Crippen LogP contribution >= 0.6 is 0 Å². The van der Waals surface area contributed by atoms with Gasteiger partial charge in [0.1, 0.15) is 12.4 Å². The molecule has 2 aromatic rings. The summed E-state index contributed by atoms with van der Waals surface area (Å²) >= 11 is 0. The predicted octanol–water partition coefficient (Wildman–Crippen LogP) is 0.836. The maximum Gasteiger partial charge on any atom is 0.262 e. The molecule has 146 valence electrons. The lowest BCUT2D eigenvalue weighted by atomic mass is 10.1. The largest absolute Gasteiger partial charge is 0.492 e. The highest BCUT2D eigenvalue weighted by Crippen LogP contribution is 2.27. The number of ether oxygens (including phenoxy) is 2. The number of benzene rings is 1. The van der Waals surface area contributed by atoms with Gasteiger partial charge in [-0.3, -0.25) is 4.90 Å². The Kier molecular flexibility index (Phi) is 5.18. The van der Waals surface area contributed by atoms with E-state index in [2.05, 4.69) is 22.0 Å². The lowest BCUT2D eigenvalue weighted by molar-refractivity contribution is 0.0342. The number of imidazole rings is 1. The smallest absolute Gasteiger partial charge is 0.262 e. The van der Waals surface area contributed by atoms with Gasteiger partial charge in [0.2, 0.25) is 0 Å². The molecular weight excluding hydrogens is 368 g/mol. The molecule has 0 saturated carbocycles. The Hall–Kier alpha value is -1.94. The third-order valence-electron chi connectivity index (χ3n) is 4.87. The summed E-state index contributed by atoms with van der Waals surface area (Å²) in [4.78, 5) is 6.36. The van der Waals surface area contributed by atoms with E-state index in [0.29, 0.717) is 13.2 Å². The number of aryl methyl sites for hydroxylation is 1. The van der Waals surface area contributed by atoms with Crippen molar-refractivity contribution in [3.05, 3.63) is 41.9 Å². The Morgan fingerprint density at radius 2 is 1.96 bits per heavy atom. The van der Waals surface area contributed by atoms with Crippen molar-refractivity contribution in [3.8, 4) is 5.75 Å². The van der Waals surface area contributed by atoms with Gasteiger partial charge in [-0.15, -0.1) is 0 Å². The first-order valence-corrected chi connectivity index (χ1v) is 10.5. The van der Waals surface area contributed by atoms with Gasteiger partial charge in [0.05, 0.1) is 19.5 Å². The summed E-state index contributed by atoms with van der Waals surface area (Å²) in [5.74, 6) is 0.749. The second-order valence-corrected chi connectivity index (χ2v) is 8.78. The van der Waals surface area contributed by atoms with Crippen LogP contribution in [-0.2, 0) is 34.9 Å². The molecule has 2 aliphatic heterocycles. The van der Waals surface area contributed by atoms with Crippen LogP contribution in [0.25, 0.3) is 0 Å². The molecular formula is C18H24N4O4S. The molecule has 0 atom stereocenters. The highest BCUT2D eigenvalue weighted by Gasteiger charge is 2.29. The van der Waals surface area contributed by atoms with Crippen LogP contribution in [0, 0.1) is 0 Å². The van der Waals surface area contributed by atoms with Crippen molar-refractivity contribution >= 4 is 10.0 Å². The normalized spacial score (nSPS) is 19.3. The molecule has 1 saturated heterocycles. The first-order chi connectivity index (χ1) is 13.0. The number of morpholine rings is 1. The SMILES string of the molecule is Cn1cnc(S(=O)(=O)N2CCOc3ccc(CN4CCOCC4)cc3C2)c1. The van der Waals surface area contributed by atoms with Gasteiger partial charge in [0.15, 0.2) is 5.03 Å². The van der Waals surface area contributed by atoms with Gasteiger partial charge in [-0.05, 0) is 17.7 Å². The third kappa shape index (κ3) is 4.01. The Morgan fingerprint density at radius 3 is 2.70 bits per heavy atom. The Bertz CT molecular complexity index is 906. The minimum Gasteiger partial charge on any atom is -0.492 e. The van der Waals surface area contributed by atoms with Gasteiger partial charge >= 0.3 is 0 Å². The van der Waals surface area contributed by atoms with E-state index >= 15 is 0 Å². The van der Waals surface area contributed by atoms with Crippen molar-refractivity contribution < 1.29 is 17.9 Å². The van der Waals surface area contributed by atoms with E-state index in [0.717, 1.165) is 49.7 Å². The molecule has 0 bridgehead atoms. The molecule has 1 aromatic carbocycles. The summed E-state index contributed by atoms with van der Waals surface area (Å²) in [5, 5.41) is 0.0675. The standard InChI is InChI=1S/C18H24N4O4S/c1-20-13-18(19-14-20)27(23,24)22-6-9-26-17-3-2-15(10-16(17)12-22)11-21-4-7-25-8-5-21/h2-3,10,13-14H,4-9,11-12H2,1H3. The van der Waals surface area contributed by atoms with E-state index < -0.39 is 10.0 Å². The average Bonchev–Trinajstić information content (AvgIpc) is 2.99. The molecule has 9 heteroatoms. The molecule has 4 rings (SSSR count). The Labute approximate surface area is 159 Å². The predicted molar refractivity (Wildman–Crippen MR) is 98.8 cm³/mol. The van der Waals surface area contributed by atoms with Crippen molar-refractivity contribution in [1.82, 2.24) is 18.8 Å². The molecule has 0 unspecified atom stereocenters. The zero-order valence-electron chi connectivity index (χ0n) is 15.4. The van der Waals surface area contributed by atoms with E-state index in [-0.39, 0.29) is 11.6 Å². The summed E-state index contributed by atoms with van der Waals surface area (Å²) in [5.41, 5.74) is 2.04. The molecule has 2 aliphatic rings. The van der Waals surface area contributed by atoms with Crippen LogP contribution in [0.5, 0.6) is 5.75 Å². The van der Waals surface area contributed by atoms with Gasteiger partial charge in [-0.1, -0.05) is 6.07 Å². The number of rotatable bonds is 4. The Morgan fingerprint density at radius 1 is 1.15 bits per heavy atom. The van der Waals surface area contributed by atoms with Crippen LogP contribution < -0.4 is 4.74 Å². The van der Waals surface area contributed by atoms with E-state index in [9.17, 15) is 8.42 Å². The number of hydrogen-bond acceptors (Lipinski definition) is 6. The molecule has 0 spiro atoms. The number of sulfonamides is 1. The minimum atomic E-state index is -3.65. The van der Waals surface area contributed by atoms with Crippen molar-refractivity contribution in [1.29, 1.82) is 0 Å². The number of aromatic nitrogens is 2. The second-order valence-electron chi connectivity index (χ2n) is 6.90. The van der Waals surface area contributed by atoms with E-state index in [1.807, 2.05) is 6.07 Å². The molecule has 8 nitrogen and oxygen atoms in total. The number of hydrogen-bond donors (Lipinski definition) is 0. The van der Waals surface area contributed by atoms with E-state index in [1.54, 1.807) is 11.6 Å². The fraction of sp³-hybridized carbons (Fsp3) is 0.500. The maximum absolute atomic E-state index is 12.9. The van der Waals surface area contributed by atoms with E-state index in [4.69, 9.17) is 9.47 Å². The van der Waals surface area contributed by atoms with Crippen molar-refractivity contribution in [3.63, 3.8) is 0 Å². The van der Waals surface area contributed by atoms with Crippen molar-refractivity contribution in [2.75, 3.05) is 39.5 Å². The fourth-order valence-corrected chi connectivity index (χ4v) is 4.77. The number of fused-ring (bicyclic) bond motifs is 1. The molecule has 1 aromatic heterocycles. The zero-order chi connectivity index (χ0) is 18.9. The highest BCUT2D eigenvalue weighted by molar-refractivity contribution is 7.89. The minimum absolute atomic E-state index is 0.0675. The van der Waals surface area contributed by atoms with Gasteiger partial charge in [-0.25, -0.2) is 13.4 Å². The molecule has 0 aliphatic carbocycles. The second kappa shape index (κ2) is 7.59. The van der Waals surface area contributed by atoms with Crippen molar-refractivity contribution in [2.24, 2.45) is 7.05 Å². The Balaban J connectivity index is 1.56. The van der Waals surface area contributed by atoms with Crippen LogP contribution in [0.2, 0.25) is 0 Å². The van der Waals surface area contributed by atoms with Gasteiger partial charge in [-0.2, -0.15) is 4.31 Å². The van der Waals surface area contributed by atoms with Crippen molar-refractivity contribution in [2.45, 2.75) is 18.1 Å². The first-order valence-electron chi connectivity index (χ1n) is 9.05. The quantitative estimate of drug-likeness (QED) is 0.767. The van der Waals surface area contributed by atoms with Crippen LogP contribution in [0.1, 0.15) is 11.1 Å². The van der Waals surface area contributed by atoms with Gasteiger partial charge in [0.25, 0.3) is 10.0 Å². The fourth-order valence-electron chi connectivity index (χ4n) is 3.40. The monoisotopic (exact) mass is 392 g/mol. The van der Waals surface area contributed by atoms with Crippen LogP contribution in [0.3, 0.4) is 0 Å². The van der Waals surface area contributed by atoms with Gasteiger partial charge < -0.3 is 14.0 Å². The van der Waals surface area contributed by atoms with Crippen LogP contribution in [0.4, 0.5) is 0 Å².